The summed E-state index contributed by atoms with van der Waals surface area (Å²) in [6, 6.07) is 0. The molecule has 0 saturated carbocycles. The Morgan fingerprint density at radius 1 is 0.706 bits per heavy atom. The van der Waals surface area contributed by atoms with Gasteiger partial charge in [0.05, 0.1) is 11.9 Å². The van der Waals surface area contributed by atoms with Gasteiger partial charge in [-0.05, 0) is 0 Å². The number of alkyl halides is 16. The smallest absolute Gasteiger partial charge is 0.284 e. The van der Waals surface area contributed by atoms with E-state index in [-0.39, 0.29) is 11.8 Å². The van der Waals surface area contributed by atoms with Gasteiger partial charge in [-0.2, -0.15) is 48.2 Å². The topological polar surface area (TPSA) is 43.4 Å². The Bertz CT molecular complexity index is 653. The van der Waals surface area contributed by atoms with Gasteiger partial charge in [-0.15, -0.1) is 13.2 Å². The number of rotatable bonds is 3. The first-order valence-electron chi connectivity index (χ1n) is 6.43. The number of ketones is 2. The number of carbonyl (C=O) groups excluding carboxylic acids is 2. The van der Waals surface area contributed by atoms with Crippen LogP contribution in [0.5, 0.6) is 0 Å². The van der Waals surface area contributed by atoms with Gasteiger partial charge in [-0.25, -0.2) is 22.0 Å². The summed E-state index contributed by atoms with van der Waals surface area (Å²) >= 11 is 3.85. The van der Waals surface area contributed by atoms with E-state index in [1.807, 2.05) is 0 Å². The fourth-order valence-electron chi connectivity index (χ4n) is 0.419. The molecule has 0 aliphatic carbocycles. The third kappa shape index (κ3) is 31.8. The molecule has 0 aliphatic heterocycles. The van der Waals surface area contributed by atoms with Crippen LogP contribution in [0.1, 0.15) is 0 Å². The largest absolute Gasteiger partial charge is 0.538 e. The third-order valence-electron chi connectivity index (χ3n) is 1.44. The molecule has 0 aromatic heterocycles. The highest BCUT2D eigenvalue weighted by molar-refractivity contribution is 6.39. The number of allylic oxidation sites excluding steroid dienone is 1. The van der Waals surface area contributed by atoms with Crippen molar-refractivity contribution in [2.24, 2.45) is 0 Å². The molecule has 0 unspecified atom stereocenters. The lowest BCUT2D eigenvalue weighted by molar-refractivity contribution is -0.273. The van der Waals surface area contributed by atoms with Crippen LogP contribution in [0.15, 0.2) is 12.2 Å². The molecule has 0 fully saturated rings. The van der Waals surface area contributed by atoms with Crippen LogP contribution in [-0.2, 0) is 13.9 Å². The van der Waals surface area contributed by atoms with Gasteiger partial charge in [0.2, 0.25) is 5.83 Å². The van der Waals surface area contributed by atoms with E-state index >= 15 is 0 Å². The lowest BCUT2D eigenvalue weighted by Gasteiger charge is -1.97. The summed E-state index contributed by atoms with van der Waals surface area (Å²) in [7, 11) is 0. The summed E-state index contributed by atoms with van der Waals surface area (Å²) in [5, 5.41) is 0. The van der Waals surface area contributed by atoms with Crippen molar-refractivity contribution >= 4 is 23.4 Å². The fraction of sp³-hybridized carbons (Fsp3) is 0.500. The zero-order valence-electron chi connectivity index (χ0n) is 14.6. The predicted molar refractivity (Wildman–Crippen MR) is 71.3 cm³/mol. The van der Waals surface area contributed by atoms with Crippen molar-refractivity contribution in [1.82, 2.24) is 0 Å². The van der Waals surface area contributed by atoms with Gasteiger partial charge in [0.1, 0.15) is 6.33 Å². The van der Waals surface area contributed by atoms with Crippen molar-refractivity contribution in [2.45, 2.75) is 37.7 Å². The Morgan fingerprint density at radius 3 is 1.00 bits per heavy atom. The highest BCUT2D eigenvalue weighted by Crippen LogP contribution is 2.26. The van der Waals surface area contributed by atoms with Crippen LogP contribution in [0.25, 0.3) is 0 Å². The zero-order valence-corrected chi connectivity index (χ0v) is 15.4. The molecule has 0 heterocycles. The molecular weight excluding hydrogens is 570 g/mol. The van der Waals surface area contributed by atoms with Gasteiger partial charge in [0.25, 0.3) is 11.6 Å². The second kappa shape index (κ2) is 16.3. The molecule has 0 bridgehead atoms. The molecule has 0 amide bonds. The van der Waals surface area contributed by atoms with Crippen molar-refractivity contribution in [3.63, 3.8) is 0 Å². The third-order valence-corrected chi connectivity index (χ3v) is 1.61. The maximum Gasteiger partial charge on any atom is 0.538 e. The first-order valence-corrected chi connectivity index (χ1v) is 6.74. The Labute approximate surface area is 179 Å². The minimum Gasteiger partial charge on any atom is -0.284 e. The van der Waals surface area contributed by atoms with Crippen LogP contribution in [0.4, 0.5) is 79.0 Å². The van der Waals surface area contributed by atoms with Crippen LogP contribution in [-0.4, -0.2) is 49.3 Å². The molecule has 0 aromatic carbocycles. The Kier molecular flexibility index (Phi) is 18.6. The van der Waals surface area contributed by atoms with E-state index in [1.165, 1.54) is 0 Å². The van der Waals surface area contributed by atoms with Gasteiger partial charge < -0.3 is 0 Å². The van der Waals surface area contributed by atoms with Gasteiger partial charge in [-0.3, -0.25) is 9.59 Å². The standard InChI is InChI=1S/C4F6.C4H2F4O2.C3HF5.CClF3O/c5-3(6,7)1-2-4(8,9)10;5-3(6)1(9)2(10)4(7)8;4-1-2(5)3(6,7)8;2-6-1(3,4)5/h;3-4H;1H;. The molecule has 0 rings (SSSR count). The van der Waals surface area contributed by atoms with E-state index in [0.717, 1.165) is 0 Å². The SMILES string of the molecule is FC(F)(F)C#CC(F)(F)F.FC(F)(F)OCl.FC=C(F)C(F)(F)F.O=C(C(=O)C(F)F)C(F)F. The van der Waals surface area contributed by atoms with Crippen molar-refractivity contribution in [2.75, 3.05) is 0 Å². The summed E-state index contributed by atoms with van der Waals surface area (Å²) in [5.74, 6) is -7.21. The van der Waals surface area contributed by atoms with Crippen molar-refractivity contribution in [1.29, 1.82) is 0 Å². The monoisotopic (exact) mass is 572 g/mol. The average molecular weight is 573 g/mol. The maximum atomic E-state index is 11.1. The van der Waals surface area contributed by atoms with Crippen LogP contribution >= 0.6 is 11.9 Å². The summed E-state index contributed by atoms with van der Waals surface area (Å²) in [5.41, 5.74) is 0. The first kappa shape index (κ1) is 38.9. The minimum atomic E-state index is -5.17. The quantitative estimate of drug-likeness (QED) is 0.213. The van der Waals surface area contributed by atoms with Gasteiger partial charge in [0.15, 0.2) is 0 Å². The molecule has 202 valence electrons. The Balaban J connectivity index is -0.000000180. The molecule has 34 heavy (non-hydrogen) atoms. The zero-order chi connectivity index (χ0) is 28.7. The molecule has 0 aliphatic rings. The Morgan fingerprint density at radius 2 is 0.941 bits per heavy atom. The van der Waals surface area contributed by atoms with E-state index in [1.54, 1.807) is 0 Å². The average Bonchev–Trinajstić information content (AvgIpc) is 2.63. The summed E-state index contributed by atoms with van der Waals surface area (Å²) in [6.07, 6.45) is -28.4. The summed E-state index contributed by atoms with van der Waals surface area (Å²) in [6.45, 7) is 0. The molecule has 0 radical (unpaired) electrons. The van der Waals surface area contributed by atoms with Gasteiger partial charge >= 0.3 is 37.7 Å². The van der Waals surface area contributed by atoms with E-state index < -0.39 is 61.5 Å². The normalized spacial score (nSPS) is 12.2. The predicted octanol–water partition coefficient (Wildman–Crippen LogP) is 6.77. The van der Waals surface area contributed by atoms with E-state index in [4.69, 9.17) is 0 Å². The summed E-state index contributed by atoms with van der Waals surface area (Å²) in [4.78, 5) is 19.4. The highest BCUT2D eigenvalue weighted by Gasteiger charge is 2.34. The first-order chi connectivity index (χ1) is 14.7. The molecule has 0 atom stereocenters. The number of halogens is 19. The van der Waals surface area contributed by atoms with E-state index in [9.17, 15) is 88.6 Å². The molecule has 0 saturated heterocycles. The molecular formula is C12H3ClF18O3. The molecule has 22 heteroatoms. The molecule has 0 spiro atoms. The minimum absolute atomic E-state index is 0.0868. The number of hydrogen-bond acceptors (Lipinski definition) is 3. The van der Waals surface area contributed by atoms with Gasteiger partial charge in [0, 0.05) is 11.8 Å². The van der Waals surface area contributed by atoms with Crippen molar-refractivity contribution in [3.8, 4) is 11.8 Å². The summed E-state index contributed by atoms with van der Waals surface area (Å²) < 4.78 is 198. The van der Waals surface area contributed by atoms with Crippen LogP contribution in [0.3, 0.4) is 0 Å². The van der Waals surface area contributed by atoms with Crippen LogP contribution in [0.2, 0.25) is 0 Å². The maximum absolute atomic E-state index is 11.1. The van der Waals surface area contributed by atoms with Crippen molar-refractivity contribution in [3.05, 3.63) is 12.2 Å². The lowest BCUT2D eigenvalue weighted by atomic mass is 10.3. The Hall–Kier alpha value is -2.37. The second-order valence-electron chi connectivity index (χ2n) is 4.05. The van der Waals surface area contributed by atoms with Crippen LogP contribution in [0, 0.1) is 11.8 Å². The van der Waals surface area contributed by atoms with E-state index in [2.05, 4.69) is 16.2 Å². The van der Waals surface area contributed by atoms with Crippen molar-refractivity contribution < 1.29 is 92.9 Å². The molecule has 3 nitrogen and oxygen atoms in total. The van der Waals surface area contributed by atoms with Gasteiger partial charge in [-0.1, -0.05) is 0 Å². The molecule has 0 N–H and O–H groups in total. The second-order valence-corrected chi connectivity index (χ2v) is 4.21. The number of Topliss-reactive ketones (excluding diaryl/α,β-unsaturated/α-hetero) is 2. The number of hydrogen-bond donors (Lipinski definition) is 0. The fourth-order valence-corrected chi connectivity index (χ4v) is 0.419. The molecule has 0 aromatic rings. The highest BCUT2D eigenvalue weighted by atomic mass is 35.5. The van der Waals surface area contributed by atoms with Crippen LogP contribution < -0.4 is 0 Å². The lowest BCUT2D eigenvalue weighted by Crippen LogP contribution is -2.27. The van der Waals surface area contributed by atoms with E-state index in [0.29, 0.717) is 0 Å². The number of carbonyl (C=O) groups is 2.